The molecule has 0 saturated heterocycles. The fraction of sp³-hybridized carbons (Fsp3) is 0.895. The van der Waals surface area contributed by atoms with E-state index in [0.29, 0.717) is 6.54 Å². The molecule has 0 aromatic carbocycles. The Kier molecular flexibility index (Phi) is 20.8. The second-order valence-electron chi connectivity index (χ2n) is 6.86. The van der Waals surface area contributed by atoms with E-state index in [1.54, 1.807) is 0 Å². The van der Waals surface area contributed by atoms with Crippen molar-refractivity contribution >= 4 is 11.6 Å². The summed E-state index contributed by atoms with van der Waals surface area (Å²) in [6, 6.07) is -0.546. The van der Waals surface area contributed by atoms with Gasteiger partial charge in [-0.1, -0.05) is 41.5 Å². The highest BCUT2D eigenvalue weighted by Gasteiger charge is 2.16. The van der Waals surface area contributed by atoms with E-state index >= 15 is 0 Å². The van der Waals surface area contributed by atoms with Gasteiger partial charge in [0.1, 0.15) is 0 Å². The molecule has 0 aliphatic carbocycles. The highest BCUT2D eigenvalue weighted by Crippen LogP contribution is 2.05. The topological polar surface area (TPSA) is 124 Å². The summed E-state index contributed by atoms with van der Waals surface area (Å²) in [6.07, 6.45) is 4.44. The fourth-order valence-corrected chi connectivity index (χ4v) is 2.15. The smallest absolute Gasteiger partial charge is 0.152 e. The molecule has 0 aliphatic heterocycles. The molecule has 0 bridgehead atoms. The van der Waals surface area contributed by atoms with Crippen molar-refractivity contribution in [3.8, 4) is 0 Å². The van der Waals surface area contributed by atoms with Crippen molar-refractivity contribution in [3.05, 3.63) is 0 Å². The summed E-state index contributed by atoms with van der Waals surface area (Å²) in [4.78, 5) is 22.6. The number of hydrogen-bond acceptors (Lipinski definition) is 6. The van der Waals surface area contributed by atoms with Gasteiger partial charge in [-0.05, 0) is 45.8 Å². The summed E-state index contributed by atoms with van der Waals surface area (Å²) in [5.41, 5.74) is 16.7. The van der Waals surface area contributed by atoms with E-state index in [-0.39, 0.29) is 42.9 Å². The Morgan fingerprint density at radius 1 is 0.840 bits per heavy atom. The van der Waals surface area contributed by atoms with Gasteiger partial charge in [-0.3, -0.25) is 9.59 Å². The largest absolute Gasteiger partial charge is 0.330 e. The number of carbonyl (C=O) groups is 2. The predicted molar refractivity (Wildman–Crippen MR) is 108 cm³/mol. The third kappa shape index (κ3) is 16.4. The Hall–Kier alpha value is -0.820. The lowest BCUT2D eigenvalue weighted by atomic mass is 9.98. The molecule has 0 aliphatic rings. The number of Topliss-reactive ketones (excluding diaryl/α,β-unsaturated/α-hetero) is 2. The Morgan fingerprint density at radius 2 is 1.24 bits per heavy atom. The summed E-state index contributed by atoms with van der Waals surface area (Å²) >= 11 is 0. The van der Waals surface area contributed by atoms with Crippen LogP contribution in [0.4, 0.5) is 0 Å². The Labute approximate surface area is 155 Å². The van der Waals surface area contributed by atoms with Crippen LogP contribution in [0.3, 0.4) is 0 Å². The zero-order valence-electron chi connectivity index (χ0n) is 16.3. The lowest BCUT2D eigenvalue weighted by molar-refractivity contribution is -0.124. The molecule has 0 rings (SSSR count). The van der Waals surface area contributed by atoms with Gasteiger partial charge in [0.25, 0.3) is 0 Å². The van der Waals surface area contributed by atoms with Gasteiger partial charge in [0.2, 0.25) is 0 Å². The first kappa shape index (κ1) is 29.0. The molecular formula is C19H44N4O2. The SMILES string of the molecule is C.CC(C)C(=O)[C@@H](N)CCCCN.CNCCC[C@@H](N)C(=O)C(C)C. The second kappa shape index (κ2) is 18.0. The van der Waals surface area contributed by atoms with Crippen LogP contribution in [0, 0.1) is 11.8 Å². The van der Waals surface area contributed by atoms with E-state index in [4.69, 9.17) is 17.2 Å². The zero-order chi connectivity index (χ0) is 19.1. The first-order valence-electron chi connectivity index (χ1n) is 9.12. The third-order valence-corrected chi connectivity index (χ3v) is 3.78. The molecule has 152 valence electrons. The van der Waals surface area contributed by atoms with E-state index in [9.17, 15) is 9.59 Å². The van der Waals surface area contributed by atoms with Gasteiger partial charge >= 0.3 is 0 Å². The molecular weight excluding hydrogens is 316 g/mol. The number of ketones is 2. The molecule has 7 N–H and O–H groups in total. The molecule has 6 heteroatoms. The number of nitrogens with one attached hydrogen (secondary N) is 1. The van der Waals surface area contributed by atoms with Crippen molar-refractivity contribution in [1.82, 2.24) is 5.32 Å². The van der Waals surface area contributed by atoms with Gasteiger partial charge in [0.05, 0.1) is 12.1 Å². The standard InChI is InChI=1S/2C9H20N2O.CH4/c1-7(2)9(12)8(10)5-4-6-11-3;1-7(2)9(12)8(11)5-3-4-6-10;/h7-8,11H,4-6,10H2,1-3H3;7-8H,3-6,10-11H2,1-2H3;1H4/t2*8-;/m10./s1. The van der Waals surface area contributed by atoms with Crippen molar-refractivity contribution in [2.24, 2.45) is 29.0 Å². The minimum Gasteiger partial charge on any atom is -0.330 e. The second-order valence-corrected chi connectivity index (χ2v) is 6.86. The van der Waals surface area contributed by atoms with Crippen LogP contribution in [0.1, 0.15) is 67.2 Å². The number of hydrogen-bond donors (Lipinski definition) is 4. The van der Waals surface area contributed by atoms with Gasteiger partial charge in [-0.25, -0.2) is 0 Å². The highest BCUT2D eigenvalue weighted by molar-refractivity contribution is 5.85. The summed E-state index contributed by atoms with van der Waals surface area (Å²) in [6.45, 7) is 9.15. The lowest BCUT2D eigenvalue weighted by Crippen LogP contribution is -2.34. The average molecular weight is 361 g/mol. The van der Waals surface area contributed by atoms with E-state index < -0.39 is 0 Å². The van der Waals surface area contributed by atoms with Crippen LogP contribution in [0.2, 0.25) is 0 Å². The van der Waals surface area contributed by atoms with Crippen LogP contribution < -0.4 is 22.5 Å². The summed E-state index contributed by atoms with van der Waals surface area (Å²) in [5, 5.41) is 3.02. The van der Waals surface area contributed by atoms with Crippen molar-refractivity contribution in [2.45, 2.75) is 79.3 Å². The van der Waals surface area contributed by atoms with Crippen LogP contribution in [-0.2, 0) is 9.59 Å². The minimum absolute atomic E-state index is 0. The molecule has 0 fully saturated rings. The molecule has 0 amide bonds. The van der Waals surface area contributed by atoms with Gasteiger partial charge < -0.3 is 22.5 Å². The van der Waals surface area contributed by atoms with Crippen LogP contribution in [-0.4, -0.2) is 43.8 Å². The van der Waals surface area contributed by atoms with Crippen LogP contribution >= 0.6 is 0 Å². The van der Waals surface area contributed by atoms with E-state index in [0.717, 1.165) is 38.6 Å². The van der Waals surface area contributed by atoms with Gasteiger partial charge in [-0.15, -0.1) is 0 Å². The van der Waals surface area contributed by atoms with Gasteiger partial charge in [0.15, 0.2) is 11.6 Å². The van der Waals surface area contributed by atoms with Crippen molar-refractivity contribution in [3.63, 3.8) is 0 Å². The molecule has 25 heavy (non-hydrogen) atoms. The molecule has 0 saturated carbocycles. The van der Waals surface area contributed by atoms with E-state index in [1.807, 2.05) is 34.7 Å². The molecule has 0 radical (unpaired) electrons. The van der Waals surface area contributed by atoms with E-state index in [2.05, 4.69) is 5.32 Å². The predicted octanol–water partition coefficient (Wildman–Crippen LogP) is 1.84. The Bertz CT molecular complexity index is 301. The Morgan fingerprint density at radius 3 is 1.56 bits per heavy atom. The quantitative estimate of drug-likeness (QED) is 0.394. The minimum atomic E-state index is -0.281. The molecule has 0 unspecified atom stereocenters. The maximum atomic E-state index is 11.3. The van der Waals surface area contributed by atoms with Crippen molar-refractivity contribution < 1.29 is 9.59 Å². The monoisotopic (exact) mass is 360 g/mol. The van der Waals surface area contributed by atoms with Gasteiger partial charge in [0, 0.05) is 11.8 Å². The molecule has 0 aromatic heterocycles. The van der Waals surface area contributed by atoms with Crippen LogP contribution in [0.25, 0.3) is 0 Å². The van der Waals surface area contributed by atoms with Crippen LogP contribution in [0.15, 0.2) is 0 Å². The fourth-order valence-electron chi connectivity index (χ4n) is 2.15. The van der Waals surface area contributed by atoms with Crippen molar-refractivity contribution in [1.29, 1.82) is 0 Å². The maximum absolute atomic E-state index is 11.3. The summed E-state index contributed by atoms with van der Waals surface area (Å²) in [5.74, 6) is 0.450. The molecule has 0 spiro atoms. The summed E-state index contributed by atoms with van der Waals surface area (Å²) < 4.78 is 0. The van der Waals surface area contributed by atoms with Crippen molar-refractivity contribution in [2.75, 3.05) is 20.1 Å². The number of rotatable bonds is 12. The molecule has 0 heterocycles. The first-order chi connectivity index (χ1) is 11.2. The zero-order valence-corrected chi connectivity index (χ0v) is 16.3. The van der Waals surface area contributed by atoms with Crippen LogP contribution in [0.5, 0.6) is 0 Å². The molecule has 2 atom stereocenters. The van der Waals surface area contributed by atoms with E-state index in [1.165, 1.54) is 0 Å². The molecule has 0 aromatic rings. The maximum Gasteiger partial charge on any atom is 0.152 e. The summed E-state index contributed by atoms with van der Waals surface area (Å²) in [7, 11) is 1.90. The normalized spacial score (nSPS) is 12.9. The Balaban J connectivity index is -0.000000372. The number of unbranched alkanes of at least 4 members (excludes halogenated alkanes) is 1. The average Bonchev–Trinajstić information content (AvgIpc) is 2.53. The third-order valence-electron chi connectivity index (χ3n) is 3.78. The first-order valence-corrected chi connectivity index (χ1v) is 9.12. The lowest BCUT2D eigenvalue weighted by Gasteiger charge is -2.12. The molecule has 6 nitrogen and oxygen atoms in total. The highest BCUT2D eigenvalue weighted by atomic mass is 16.1. The number of nitrogens with two attached hydrogens (primary N) is 3. The van der Waals surface area contributed by atoms with Gasteiger partial charge in [-0.2, -0.15) is 0 Å². The number of carbonyl (C=O) groups excluding carboxylic acids is 2.